The Hall–Kier alpha value is -1.64. The number of hydrogen-bond acceptors (Lipinski definition) is 2. The van der Waals surface area contributed by atoms with Gasteiger partial charge < -0.3 is 5.73 Å². The van der Waals surface area contributed by atoms with E-state index in [9.17, 15) is 4.79 Å². The van der Waals surface area contributed by atoms with Gasteiger partial charge in [0.1, 0.15) is 12.1 Å². The number of benzene rings is 1. The van der Waals surface area contributed by atoms with E-state index in [0.717, 1.165) is 0 Å². The molecule has 0 bridgehead atoms. The standard InChI is InChI=1S/C8H8N2O/c9-8(10)7-3-1-2-6(4-7)5-11/h1-5H,(H3,9,10)/i4D. The molecule has 0 aromatic heterocycles. The number of carbonyl (C=O) groups is 1. The Balaban J connectivity index is 3.32. The lowest BCUT2D eigenvalue weighted by molar-refractivity contribution is 0.112. The third-order valence-electron chi connectivity index (χ3n) is 1.23. The van der Waals surface area contributed by atoms with Crippen molar-refractivity contribution in [3.63, 3.8) is 0 Å². The highest BCUT2D eigenvalue weighted by Crippen LogP contribution is 2.01. The fourth-order valence-corrected chi connectivity index (χ4v) is 0.713. The maximum absolute atomic E-state index is 10.4. The molecule has 1 aromatic carbocycles. The van der Waals surface area contributed by atoms with Gasteiger partial charge in [0, 0.05) is 11.1 Å². The summed E-state index contributed by atoms with van der Waals surface area (Å²) in [7, 11) is 0. The van der Waals surface area contributed by atoms with E-state index in [2.05, 4.69) is 0 Å². The van der Waals surface area contributed by atoms with Crippen LogP contribution in [0.4, 0.5) is 0 Å². The van der Waals surface area contributed by atoms with Crippen LogP contribution in [0.1, 0.15) is 17.3 Å². The molecule has 0 radical (unpaired) electrons. The van der Waals surface area contributed by atoms with Crippen LogP contribution in [0, 0.1) is 5.41 Å². The van der Waals surface area contributed by atoms with Crippen molar-refractivity contribution in [2.75, 3.05) is 0 Å². The number of nitrogen functional groups attached to an aromatic ring is 1. The molecule has 1 rings (SSSR count). The van der Waals surface area contributed by atoms with Crippen molar-refractivity contribution >= 4 is 12.1 Å². The van der Waals surface area contributed by atoms with Crippen LogP contribution in [0.15, 0.2) is 24.2 Å². The van der Waals surface area contributed by atoms with Crippen molar-refractivity contribution in [3.8, 4) is 0 Å². The molecule has 0 aliphatic rings. The van der Waals surface area contributed by atoms with Crippen LogP contribution in [0.3, 0.4) is 0 Å². The number of hydrogen-bond donors (Lipinski definition) is 2. The van der Waals surface area contributed by atoms with E-state index in [-0.39, 0.29) is 17.4 Å². The summed E-state index contributed by atoms with van der Waals surface area (Å²) >= 11 is 0. The van der Waals surface area contributed by atoms with E-state index in [4.69, 9.17) is 12.5 Å². The Labute approximate surface area is 65.8 Å². The number of nitrogens with two attached hydrogens (primary N) is 1. The minimum absolute atomic E-state index is 0.0139. The van der Waals surface area contributed by atoms with Crippen LogP contribution >= 0.6 is 0 Å². The number of carbonyl (C=O) groups excluding carboxylic acids is 1. The van der Waals surface area contributed by atoms with E-state index >= 15 is 0 Å². The second kappa shape index (κ2) is 2.96. The van der Waals surface area contributed by atoms with Crippen LogP contribution in [0.5, 0.6) is 0 Å². The zero-order valence-corrected chi connectivity index (χ0v) is 5.79. The molecule has 0 saturated heterocycles. The molecule has 0 fully saturated rings. The van der Waals surface area contributed by atoms with Gasteiger partial charge >= 0.3 is 0 Å². The molecule has 0 aliphatic heterocycles. The van der Waals surface area contributed by atoms with E-state index in [1.54, 1.807) is 6.07 Å². The fourth-order valence-electron chi connectivity index (χ4n) is 0.713. The first-order valence-electron chi connectivity index (χ1n) is 3.56. The van der Waals surface area contributed by atoms with Gasteiger partial charge in [0.15, 0.2) is 0 Å². The molecule has 3 N–H and O–H groups in total. The zero-order valence-electron chi connectivity index (χ0n) is 6.79. The largest absolute Gasteiger partial charge is 0.384 e. The molecule has 56 valence electrons. The summed E-state index contributed by atoms with van der Waals surface area (Å²) in [5.74, 6) is -0.191. The monoisotopic (exact) mass is 149 g/mol. The van der Waals surface area contributed by atoms with E-state index in [1.807, 2.05) is 0 Å². The number of aldehydes is 1. The van der Waals surface area contributed by atoms with Gasteiger partial charge in [-0.05, 0) is 6.04 Å². The van der Waals surface area contributed by atoms with Gasteiger partial charge in [-0.3, -0.25) is 10.2 Å². The summed E-state index contributed by atoms with van der Waals surface area (Å²) in [6.45, 7) is 0. The number of amidine groups is 1. The lowest BCUT2D eigenvalue weighted by Crippen LogP contribution is -2.10. The van der Waals surface area contributed by atoms with Crippen molar-refractivity contribution in [2.45, 2.75) is 0 Å². The molecule has 3 heteroatoms. The van der Waals surface area contributed by atoms with Crippen LogP contribution in [-0.2, 0) is 0 Å². The molecule has 1 aromatic rings. The Kier molecular flexibility index (Phi) is 1.64. The van der Waals surface area contributed by atoms with Crippen LogP contribution in [-0.4, -0.2) is 12.1 Å². The lowest BCUT2D eigenvalue weighted by atomic mass is 10.1. The SMILES string of the molecule is [2H]c1c(C=O)cccc1C(=N)N. The molecule has 3 nitrogen and oxygen atoms in total. The summed E-state index contributed by atoms with van der Waals surface area (Å²) in [6.07, 6.45) is 0.578. The predicted octanol–water partition coefficient (Wildman–Crippen LogP) is 0.783. The highest BCUT2D eigenvalue weighted by molar-refractivity contribution is 5.96. The summed E-state index contributed by atoms with van der Waals surface area (Å²) in [5, 5.41) is 7.09. The Bertz CT molecular complexity index is 336. The van der Waals surface area contributed by atoms with Gasteiger partial charge in [-0.2, -0.15) is 0 Å². The first-order valence-corrected chi connectivity index (χ1v) is 3.06. The van der Waals surface area contributed by atoms with E-state index in [1.165, 1.54) is 12.1 Å². The molecule has 0 atom stereocenters. The van der Waals surface area contributed by atoms with Gasteiger partial charge in [-0.1, -0.05) is 18.2 Å². The molecular weight excluding hydrogens is 140 g/mol. The molecular formula is C8H8N2O. The van der Waals surface area contributed by atoms with Gasteiger partial charge in [0.25, 0.3) is 0 Å². The summed E-state index contributed by atoms with van der Waals surface area (Å²) in [4.78, 5) is 10.4. The maximum Gasteiger partial charge on any atom is 0.150 e. The first-order chi connectivity index (χ1) is 5.66. The Morgan fingerprint density at radius 3 is 3.00 bits per heavy atom. The zero-order chi connectivity index (χ0) is 9.14. The smallest absolute Gasteiger partial charge is 0.150 e. The molecule has 0 aliphatic carbocycles. The van der Waals surface area contributed by atoms with Crippen molar-refractivity contribution in [2.24, 2.45) is 5.73 Å². The van der Waals surface area contributed by atoms with Crippen LogP contribution in [0.25, 0.3) is 0 Å². The second-order valence-corrected chi connectivity index (χ2v) is 2.05. The number of rotatable bonds is 2. The van der Waals surface area contributed by atoms with E-state index in [0.29, 0.717) is 11.8 Å². The average Bonchev–Trinajstić information content (AvgIpc) is 2.04. The molecule has 0 spiro atoms. The normalized spacial score (nSPS) is 10.4. The predicted molar refractivity (Wildman–Crippen MR) is 42.8 cm³/mol. The second-order valence-electron chi connectivity index (χ2n) is 2.05. The minimum atomic E-state index is -0.191. The Morgan fingerprint density at radius 1 is 1.73 bits per heavy atom. The molecule has 0 saturated carbocycles. The lowest BCUT2D eigenvalue weighted by Gasteiger charge is -1.96. The topological polar surface area (TPSA) is 66.9 Å². The van der Waals surface area contributed by atoms with Gasteiger partial charge in [-0.25, -0.2) is 0 Å². The highest BCUT2D eigenvalue weighted by atomic mass is 16.1. The van der Waals surface area contributed by atoms with E-state index < -0.39 is 0 Å². The van der Waals surface area contributed by atoms with Crippen molar-refractivity contribution in [3.05, 3.63) is 35.4 Å². The third-order valence-corrected chi connectivity index (χ3v) is 1.23. The fraction of sp³-hybridized carbons (Fsp3) is 0. The van der Waals surface area contributed by atoms with Gasteiger partial charge in [0.2, 0.25) is 0 Å². The summed E-state index contributed by atoms with van der Waals surface area (Å²) in [5.41, 5.74) is 5.73. The van der Waals surface area contributed by atoms with Gasteiger partial charge in [-0.15, -0.1) is 0 Å². The molecule has 0 amide bonds. The van der Waals surface area contributed by atoms with Crippen LogP contribution in [0.2, 0.25) is 0 Å². The first kappa shape index (κ1) is 6.09. The summed E-state index contributed by atoms with van der Waals surface area (Å²) in [6, 6.07) is 4.66. The average molecular weight is 149 g/mol. The van der Waals surface area contributed by atoms with Crippen molar-refractivity contribution in [1.82, 2.24) is 0 Å². The van der Waals surface area contributed by atoms with Crippen molar-refractivity contribution in [1.29, 1.82) is 5.41 Å². The summed E-state index contributed by atoms with van der Waals surface area (Å²) < 4.78 is 7.42. The molecule has 11 heavy (non-hydrogen) atoms. The molecule has 0 unspecified atom stereocenters. The number of nitrogens with one attached hydrogen (secondary N) is 1. The minimum Gasteiger partial charge on any atom is -0.384 e. The van der Waals surface area contributed by atoms with Crippen molar-refractivity contribution < 1.29 is 6.17 Å². The molecule has 0 heterocycles. The third kappa shape index (κ3) is 1.64. The highest BCUT2D eigenvalue weighted by Gasteiger charge is 1.95. The van der Waals surface area contributed by atoms with Crippen LogP contribution < -0.4 is 5.73 Å². The van der Waals surface area contributed by atoms with Gasteiger partial charge in [0.05, 0.1) is 1.37 Å². The maximum atomic E-state index is 10.4. The quantitative estimate of drug-likeness (QED) is 0.370. The Morgan fingerprint density at radius 2 is 2.45 bits per heavy atom.